The van der Waals surface area contributed by atoms with Gasteiger partial charge in [-0.3, -0.25) is 4.79 Å². The largest absolute Gasteiger partial charge is 0.295 e. The summed E-state index contributed by atoms with van der Waals surface area (Å²) in [5.41, 5.74) is 1.08. The minimum absolute atomic E-state index is 0.0791. The van der Waals surface area contributed by atoms with Crippen molar-refractivity contribution in [2.24, 2.45) is 0 Å². The number of hydrogen-bond donors (Lipinski definition) is 0. The Labute approximate surface area is 86.7 Å². The highest BCUT2D eigenvalue weighted by Crippen LogP contribution is 2.22. The SMILES string of the molecule is CC(=O)/C=C/c1ccc2sccc2c1. The number of thiophene rings is 1. The van der Waals surface area contributed by atoms with Gasteiger partial charge in [-0.1, -0.05) is 12.1 Å². The van der Waals surface area contributed by atoms with Gasteiger partial charge in [0.05, 0.1) is 0 Å². The molecule has 0 saturated heterocycles. The molecule has 14 heavy (non-hydrogen) atoms. The second-order valence-electron chi connectivity index (χ2n) is 3.16. The van der Waals surface area contributed by atoms with Crippen molar-refractivity contribution in [3.05, 3.63) is 41.3 Å². The fourth-order valence-corrected chi connectivity index (χ4v) is 2.07. The van der Waals surface area contributed by atoms with Gasteiger partial charge in [-0.25, -0.2) is 0 Å². The average molecular weight is 202 g/mol. The van der Waals surface area contributed by atoms with Crippen LogP contribution in [-0.2, 0) is 4.79 Å². The zero-order valence-electron chi connectivity index (χ0n) is 7.86. The lowest BCUT2D eigenvalue weighted by atomic mass is 10.1. The number of ketones is 1. The third-order valence-electron chi connectivity index (χ3n) is 1.99. The molecule has 0 N–H and O–H groups in total. The summed E-state index contributed by atoms with van der Waals surface area (Å²) in [7, 11) is 0. The quantitative estimate of drug-likeness (QED) is 0.681. The van der Waals surface area contributed by atoms with E-state index in [4.69, 9.17) is 0 Å². The van der Waals surface area contributed by atoms with Crippen molar-refractivity contribution in [3.8, 4) is 0 Å². The summed E-state index contributed by atoms with van der Waals surface area (Å²) in [6.45, 7) is 1.56. The van der Waals surface area contributed by atoms with E-state index >= 15 is 0 Å². The van der Waals surface area contributed by atoms with Gasteiger partial charge in [0.1, 0.15) is 0 Å². The smallest absolute Gasteiger partial charge is 0.152 e. The summed E-state index contributed by atoms with van der Waals surface area (Å²) in [4.78, 5) is 10.7. The number of hydrogen-bond acceptors (Lipinski definition) is 2. The highest BCUT2D eigenvalue weighted by Gasteiger charge is 1.94. The van der Waals surface area contributed by atoms with E-state index in [1.807, 2.05) is 12.1 Å². The minimum Gasteiger partial charge on any atom is -0.295 e. The van der Waals surface area contributed by atoms with Gasteiger partial charge >= 0.3 is 0 Å². The van der Waals surface area contributed by atoms with Crippen LogP contribution in [-0.4, -0.2) is 5.78 Å². The molecular formula is C12H10OS. The molecule has 2 aromatic rings. The zero-order valence-corrected chi connectivity index (χ0v) is 8.67. The molecular weight excluding hydrogens is 192 g/mol. The molecule has 0 bridgehead atoms. The van der Waals surface area contributed by atoms with Crippen molar-refractivity contribution in [3.63, 3.8) is 0 Å². The molecule has 0 saturated carbocycles. The van der Waals surface area contributed by atoms with Crippen LogP contribution < -0.4 is 0 Å². The number of rotatable bonds is 2. The van der Waals surface area contributed by atoms with Crippen molar-refractivity contribution >= 4 is 33.3 Å². The molecule has 0 amide bonds. The average Bonchev–Trinajstić information content (AvgIpc) is 2.61. The third-order valence-corrected chi connectivity index (χ3v) is 2.88. The Kier molecular flexibility index (Phi) is 2.46. The van der Waals surface area contributed by atoms with Crippen LogP contribution in [0.3, 0.4) is 0 Å². The fourth-order valence-electron chi connectivity index (χ4n) is 1.30. The highest BCUT2D eigenvalue weighted by atomic mass is 32.1. The van der Waals surface area contributed by atoms with Gasteiger partial charge in [-0.05, 0) is 47.5 Å². The molecule has 0 spiro atoms. The summed E-state index contributed by atoms with van der Waals surface area (Å²) in [5.74, 6) is 0.0791. The lowest BCUT2D eigenvalue weighted by molar-refractivity contribution is -0.112. The van der Waals surface area contributed by atoms with Gasteiger partial charge in [0.15, 0.2) is 5.78 Å². The van der Waals surface area contributed by atoms with E-state index in [2.05, 4.69) is 23.6 Å². The maximum absolute atomic E-state index is 10.7. The first kappa shape index (κ1) is 9.16. The van der Waals surface area contributed by atoms with Crippen LogP contribution in [0.4, 0.5) is 0 Å². The van der Waals surface area contributed by atoms with Gasteiger partial charge in [0, 0.05) is 4.70 Å². The summed E-state index contributed by atoms with van der Waals surface area (Å²) in [5, 5.41) is 3.31. The van der Waals surface area contributed by atoms with Crippen LogP contribution >= 0.6 is 11.3 Å². The molecule has 0 atom stereocenters. The number of carbonyl (C=O) groups excluding carboxylic acids is 1. The molecule has 1 nitrogen and oxygen atoms in total. The van der Waals surface area contributed by atoms with Crippen LogP contribution in [0.25, 0.3) is 16.2 Å². The molecule has 1 aromatic carbocycles. The van der Waals surface area contributed by atoms with E-state index in [1.54, 1.807) is 24.3 Å². The summed E-state index contributed by atoms with van der Waals surface area (Å²) in [6.07, 6.45) is 3.44. The molecule has 0 aliphatic carbocycles. The molecule has 0 aliphatic rings. The Bertz CT molecular complexity index is 494. The summed E-state index contributed by atoms with van der Waals surface area (Å²) in [6, 6.07) is 8.29. The van der Waals surface area contributed by atoms with E-state index in [9.17, 15) is 4.79 Å². The number of benzene rings is 1. The van der Waals surface area contributed by atoms with Crippen molar-refractivity contribution in [2.75, 3.05) is 0 Å². The monoisotopic (exact) mass is 202 g/mol. The van der Waals surface area contributed by atoms with Gasteiger partial charge in [0.2, 0.25) is 0 Å². The van der Waals surface area contributed by atoms with E-state index in [0.29, 0.717) is 0 Å². The zero-order chi connectivity index (χ0) is 9.97. The first-order valence-electron chi connectivity index (χ1n) is 4.41. The Morgan fingerprint density at radius 2 is 2.21 bits per heavy atom. The van der Waals surface area contributed by atoms with Crippen LogP contribution in [0.5, 0.6) is 0 Å². The predicted octanol–water partition coefficient (Wildman–Crippen LogP) is 3.50. The van der Waals surface area contributed by atoms with E-state index in [-0.39, 0.29) is 5.78 Å². The van der Waals surface area contributed by atoms with Crippen molar-refractivity contribution in [1.29, 1.82) is 0 Å². The number of allylic oxidation sites excluding steroid dienone is 1. The normalized spacial score (nSPS) is 11.2. The molecule has 2 heteroatoms. The predicted molar refractivity (Wildman–Crippen MR) is 61.5 cm³/mol. The summed E-state index contributed by atoms with van der Waals surface area (Å²) < 4.78 is 1.28. The standard InChI is InChI=1S/C12H10OS/c1-9(13)2-3-10-4-5-12-11(8-10)6-7-14-12/h2-8H,1H3/b3-2+. The Balaban J connectivity index is 2.39. The Morgan fingerprint density at radius 3 is 3.00 bits per heavy atom. The molecule has 0 aliphatic heterocycles. The second kappa shape index (κ2) is 3.76. The first-order valence-corrected chi connectivity index (χ1v) is 5.29. The van der Waals surface area contributed by atoms with E-state index < -0.39 is 0 Å². The van der Waals surface area contributed by atoms with Crippen LogP contribution in [0, 0.1) is 0 Å². The molecule has 70 valence electrons. The van der Waals surface area contributed by atoms with E-state index in [0.717, 1.165) is 5.56 Å². The maximum Gasteiger partial charge on any atom is 0.152 e. The molecule has 1 aromatic heterocycles. The minimum atomic E-state index is 0.0791. The second-order valence-corrected chi connectivity index (χ2v) is 4.11. The van der Waals surface area contributed by atoms with Gasteiger partial charge in [-0.2, -0.15) is 0 Å². The van der Waals surface area contributed by atoms with Crippen LogP contribution in [0.2, 0.25) is 0 Å². The van der Waals surface area contributed by atoms with Crippen molar-refractivity contribution in [2.45, 2.75) is 6.92 Å². The number of carbonyl (C=O) groups is 1. The lowest BCUT2D eigenvalue weighted by Crippen LogP contribution is -1.79. The Hall–Kier alpha value is -1.41. The van der Waals surface area contributed by atoms with Crippen molar-refractivity contribution in [1.82, 2.24) is 0 Å². The molecule has 0 unspecified atom stereocenters. The van der Waals surface area contributed by atoms with Gasteiger partial charge in [-0.15, -0.1) is 11.3 Å². The lowest BCUT2D eigenvalue weighted by Gasteiger charge is -1.93. The van der Waals surface area contributed by atoms with Crippen molar-refractivity contribution < 1.29 is 4.79 Å². The van der Waals surface area contributed by atoms with Gasteiger partial charge in [0.25, 0.3) is 0 Å². The molecule has 1 heterocycles. The first-order chi connectivity index (χ1) is 6.75. The van der Waals surface area contributed by atoms with Crippen LogP contribution in [0.15, 0.2) is 35.7 Å². The topological polar surface area (TPSA) is 17.1 Å². The molecule has 2 rings (SSSR count). The molecule has 0 radical (unpaired) electrons. The van der Waals surface area contributed by atoms with Crippen LogP contribution in [0.1, 0.15) is 12.5 Å². The molecule has 0 fully saturated rings. The number of fused-ring (bicyclic) bond motifs is 1. The summed E-state index contributed by atoms with van der Waals surface area (Å²) >= 11 is 1.73. The Morgan fingerprint density at radius 1 is 1.36 bits per heavy atom. The van der Waals surface area contributed by atoms with E-state index in [1.165, 1.54) is 10.1 Å². The highest BCUT2D eigenvalue weighted by molar-refractivity contribution is 7.17. The van der Waals surface area contributed by atoms with Gasteiger partial charge < -0.3 is 0 Å². The fraction of sp³-hybridized carbons (Fsp3) is 0.0833. The third kappa shape index (κ3) is 1.91. The maximum atomic E-state index is 10.7.